The average Bonchev–Trinajstić information content (AvgIpc) is 2.20. The largest absolute Gasteiger partial charge is 0.356 e. The molecule has 110 valence electrons. The molecule has 3 nitrogen and oxygen atoms in total. The Bertz CT molecular complexity index is 232. The first kappa shape index (κ1) is 20.3. The number of nitrogens with one attached hydrogen (secondary N) is 2. The second-order valence-electron chi connectivity index (χ2n) is 6.34. The van der Waals surface area contributed by atoms with E-state index in [9.17, 15) is 0 Å². The summed E-state index contributed by atoms with van der Waals surface area (Å²) in [6.07, 6.45) is 2.41. The van der Waals surface area contributed by atoms with E-state index < -0.39 is 0 Å². The van der Waals surface area contributed by atoms with Crippen LogP contribution in [0.25, 0.3) is 0 Å². The monoisotopic (exact) mass is 369 g/mol. The van der Waals surface area contributed by atoms with E-state index in [1.54, 1.807) is 0 Å². The van der Waals surface area contributed by atoms with Crippen molar-refractivity contribution < 1.29 is 0 Å². The molecule has 1 atom stereocenters. The molecule has 0 amide bonds. The second kappa shape index (κ2) is 9.87. The Labute approximate surface area is 131 Å². The van der Waals surface area contributed by atoms with Gasteiger partial charge < -0.3 is 10.6 Å². The van der Waals surface area contributed by atoms with E-state index in [1.165, 1.54) is 12.8 Å². The van der Waals surface area contributed by atoms with Crippen LogP contribution in [-0.4, -0.2) is 25.6 Å². The maximum atomic E-state index is 4.24. The molecule has 0 aliphatic rings. The van der Waals surface area contributed by atoms with Gasteiger partial charge in [0, 0.05) is 19.6 Å². The van der Waals surface area contributed by atoms with Gasteiger partial charge >= 0.3 is 0 Å². The van der Waals surface area contributed by atoms with Gasteiger partial charge in [0.1, 0.15) is 0 Å². The highest BCUT2D eigenvalue weighted by molar-refractivity contribution is 14.0. The van der Waals surface area contributed by atoms with Gasteiger partial charge in [-0.2, -0.15) is 0 Å². The van der Waals surface area contributed by atoms with E-state index in [1.807, 2.05) is 7.05 Å². The summed E-state index contributed by atoms with van der Waals surface area (Å²) in [5.74, 6) is 1.53. The Kier molecular flexibility index (Phi) is 11.1. The Morgan fingerprint density at radius 1 is 1.17 bits per heavy atom. The molecule has 0 fully saturated rings. The van der Waals surface area contributed by atoms with E-state index in [-0.39, 0.29) is 24.0 Å². The van der Waals surface area contributed by atoms with Gasteiger partial charge in [-0.3, -0.25) is 4.99 Å². The molecule has 18 heavy (non-hydrogen) atoms. The molecule has 0 radical (unpaired) electrons. The van der Waals surface area contributed by atoms with Crippen LogP contribution in [-0.2, 0) is 0 Å². The highest BCUT2D eigenvalue weighted by atomic mass is 127. The summed E-state index contributed by atoms with van der Waals surface area (Å²) in [6.45, 7) is 14.4. The minimum absolute atomic E-state index is 0. The number of guanidine groups is 1. The van der Waals surface area contributed by atoms with E-state index in [4.69, 9.17) is 0 Å². The average molecular weight is 369 g/mol. The molecule has 0 aromatic carbocycles. The molecule has 0 saturated carbocycles. The zero-order valence-electron chi connectivity index (χ0n) is 13.1. The van der Waals surface area contributed by atoms with Crippen molar-refractivity contribution in [2.24, 2.45) is 16.3 Å². The summed E-state index contributed by atoms with van der Waals surface area (Å²) in [5, 5.41) is 6.77. The fourth-order valence-electron chi connectivity index (χ4n) is 1.40. The first-order valence-corrected chi connectivity index (χ1v) is 6.73. The molecule has 0 heterocycles. The van der Waals surface area contributed by atoms with Crippen LogP contribution in [0.4, 0.5) is 0 Å². The lowest BCUT2D eigenvalue weighted by atomic mass is 9.91. The number of hydrogen-bond donors (Lipinski definition) is 2. The van der Waals surface area contributed by atoms with Crippen molar-refractivity contribution in [3.8, 4) is 0 Å². The normalized spacial score (nSPS) is 14.1. The van der Waals surface area contributed by atoms with Crippen molar-refractivity contribution in [2.45, 2.75) is 60.4 Å². The summed E-state index contributed by atoms with van der Waals surface area (Å²) in [4.78, 5) is 4.24. The van der Waals surface area contributed by atoms with Crippen LogP contribution < -0.4 is 10.6 Å². The first-order valence-electron chi connectivity index (χ1n) is 6.73. The van der Waals surface area contributed by atoms with Gasteiger partial charge in [0.25, 0.3) is 0 Å². The summed E-state index contributed by atoms with van der Waals surface area (Å²) >= 11 is 0. The topological polar surface area (TPSA) is 36.4 Å². The standard InChI is InChI=1S/C14H31N3.HI/c1-11(2)12(3)17-13(15-7)16-10-8-9-14(4,5)6;/h11-12H,8-10H2,1-7H3,(H2,15,16,17);1H. The van der Waals surface area contributed by atoms with Crippen LogP contribution in [0.1, 0.15) is 54.4 Å². The van der Waals surface area contributed by atoms with Gasteiger partial charge in [0.2, 0.25) is 0 Å². The molecular formula is C14H32IN3. The molecule has 0 rings (SSSR count). The van der Waals surface area contributed by atoms with Gasteiger partial charge in [-0.05, 0) is 31.1 Å². The second-order valence-corrected chi connectivity index (χ2v) is 6.34. The highest BCUT2D eigenvalue weighted by Crippen LogP contribution is 2.19. The smallest absolute Gasteiger partial charge is 0.191 e. The lowest BCUT2D eigenvalue weighted by molar-refractivity contribution is 0.365. The van der Waals surface area contributed by atoms with Crippen molar-refractivity contribution in [3.63, 3.8) is 0 Å². The van der Waals surface area contributed by atoms with E-state index in [2.05, 4.69) is 57.2 Å². The minimum Gasteiger partial charge on any atom is -0.356 e. The highest BCUT2D eigenvalue weighted by Gasteiger charge is 2.10. The van der Waals surface area contributed by atoms with E-state index in [0.29, 0.717) is 17.4 Å². The molecule has 0 aliphatic carbocycles. The van der Waals surface area contributed by atoms with Gasteiger partial charge in [0.05, 0.1) is 0 Å². The Hall–Kier alpha value is 0. The molecule has 0 spiro atoms. The lowest BCUT2D eigenvalue weighted by Crippen LogP contribution is -2.44. The number of hydrogen-bond acceptors (Lipinski definition) is 1. The maximum absolute atomic E-state index is 4.24. The molecule has 0 aliphatic heterocycles. The van der Waals surface area contributed by atoms with Crippen molar-refractivity contribution in [2.75, 3.05) is 13.6 Å². The lowest BCUT2D eigenvalue weighted by Gasteiger charge is -2.22. The number of halogens is 1. The number of aliphatic imine (C=N–C) groups is 1. The number of rotatable bonds is 5. The summed E-state index contributed by atoms with van der Waals surface area (Å²) < 4.78 is 0. The van der Waals surface area contributed by atoms with Crippen LogP contribution in [0.5, 0.6) is 0 Å². The van der Waals surface area contributed by atoms with E-state index >= 15 is 0 Å². The Morgan fingerprint density at radius 2 is 1.72 bits per heavy atom. The first-order chi connectivity index (χ1) is 7.76. The quantitative estimate of drug-likeness (QED) is 0.336. The van der Waals surface area contributed by atoms with Crippen molar-refractivity contribution >= 4 is 29.9 Å². The zero-order chi connectivity index (χ0) is 13.5. The Morgan fingerprint density at radius 3 is 2.11 bits per heavy atom. The van der Waals surface area contributed by atoms with Crippen molar-refractivity contribution in [1.29, 1.82) is 0 Å². The maximum Gasteiger partial charge on any atom is 0.191 e. The number of nitrogens with zero attached hydrogens (tertiary/aromatic N) is 1. The molecule has 0 aromatic rings. The van der Waals surface area contributed by atoms with Crippen LogP contribution >= 0.6 is 24.0 Å². The van der Waals surface area contributed by atoms with Crippen LogP contribution in [0.2, 0.25) is 0 Å². The summed E-state index contributed by atoms with van der Waals surface area (Å²) in [7, 11) is 1.83. The fourth-order valence-corrected chi connectivity index (χ4v) is 1.40. The zero-order valence-corrected chi connectivity index (χ0v) is 15.5. The third-order valence-corrected chi connectivity index (χ3v) is 2.98. The molecule has 0 bridgehead atoms. The third-order valence-electron chi connectivity index (χ3n) is 2.98. The third kappa shape index (κ3) is 11.1. The van der Waals surface area contributed by atoms with Gasteiger partial charge in [0.15, 0.2) is 5.96 Å². The minimum atomic E-state index is 0. The predicted octanol–water partition coefficient (Wildman–Crippen LogP) is 3.64. The Balaban J connectivity index is 0. The molecule has 4 heteroatoms. The van der Waals surface area contributed by atoms with Crippen LogP contribution in [0.15, 0.2) is 4.99 Å². The van der Waals surface area contributed by atoms with E-state index in [0.717, 1.165) is 12.5 Å². The predicted molar refractivity (Wildman–Crippen MR) is 92.9 cm³/mol. The van der Waals surface area contributed by atoms with Crippen LogP contribution in [0, 0.1) is 11.3 Å². The van der Waals surface area contributed by atoms with Crippen molar-refractivity contribution in [3.05, 3.63) is 0 Å². The summed E-state index contributed by atoms with van der Waals surface area (Å²) in [6, 6.07) is 0.448. The van der Waals surface area contributed by atoms with Gasteiger partial charge in [-0.1, -0.05) is 34.6 Å². The molecule has 0 saturated heterocycles. The van der Waals surface area contributed by atoms with Crippen molar-refractivity contribution in [1.82, 2.24) is 10.6 Å². The summed E-state index contributed by atoms with van der Waals surface area (Å²) in [5.41, 5.74) is 0.420. The van der Waals surface area contributed by atoms with Crippen LogP contribution in [0.3, 0.4) is 0 Å². The molecule has 1 unspecified atom stereocenters. The molecule has 0 aromatic heterocycles. The SMILES string of the molecule is CN=C(NCCCC(C)(C)C)NC(C)C(C)C.I. The van der Waals surface area contributed by atoms with Gasteiger partial charge in [-0.25, -0.2) is 0 Å². The molecular weight excluding hydrogens is 337 g/mol. The fraction of sp³-hybridized carbons (Fsp3) is 0.929. The molecule has 2 N–H and O–H groups in total. The van der Waals surface area contributed by atoms with Gasteiger partial charge in [-0.15, -0.1) is 24.0 Å².